The van der Waals surface area contributed by atoms with Gasteiger partial charge in [-0.15, -0.1) is 0 Å². The van der Waals surface area contributed by atoms with Gasteiger partial charge in [-0.3, -0.25) is 0 Å². The lowest BCUT2D eigenvalue weighted by atomic mass is 9.92. The molecule has 5 heteroatoms. The van der Waals surface area contributed by atoms with Crippen LogP contribution in [0.1, 0.15) is 38.7 Å². The fourth-order valence-corrected chi connectivity index (χ4v) is 4.50. The predicted octanol–water partition coefficient (Wildman–Crippen LogP) is 6.20. The molecule has 3 heterocycles. The smallest absolute Gasteiger partial charge is 0.213 e. The van der Waals surface area contributed by atoms with Gasteiger partial charge in [0.1, 0.15) is 5.82 Å². The third kappa shape index (κ3) is 4.38. The molecule has 33 heavy (non-hydrogen) atoms. The van der Waals surface area contributed by atoms with E-state index in [4.69, 9.17) is 19.4 Å². The first-order valence-electron chi connectivity index (χ1n) is 11.9. The van der Waals surface area contributed by atoms with Crippen molar-refractivity contribution in [2.45, 2.75) is 33.1 Å². The van der Waals surface area contributed by atoms with Crippen molar-refractivity contribution in [3.05, 3.63) is 60.2 Å². The zero-order valence-corrected chi connectivity index (χ0v) is 19.7. The number of hydrogen-bond acceptors (Lipinski definition) is 5. The lowest BCUT2D eigenvalue weighted by Gasteiger charge is -2.30. The van der Waals surface area contributed by atoms with Crippen LogP contribution in [0.5, 0.6) is 5.88 Å². The van der Waals surface area contributed by atoms with Crippen molar-refractivity contribution in [3.8, 4) is 17.0 Å². The van der Waals surface area contributed by atoms with Crippen LogP contribution in [0.3, 0.4) is 0 Å². The molecule has 2 aromatic heterocycles. The minimum Gasteiger partial charge on any atom is -0.478 e. The van der Waals surface area contributed by atoms with E-state index in [-0.39, 0.29) is 0 Å². The summed E-state index contributed by atoms with van der Waals surface area (Å²) in [5.41, 5.74) is 5.55. The molecule has 0 aliphatic carbocycles. The first-order chi connectivity index (χ1) is 16.1. The molecule has 0 radical (unpaired) electrons. The Bertz CT molecular complexity index is 1280. The van der Waals surface area contributed by atoms with Gasteiger partial charge in [0.2, 0.25) is 5.88 Å². The molecule has 0 spiro atoms. The number of nitrogens with zero attached hydrogens (tertiary/aromatic N) is 3. The van der Waals surface area contributed by atoms with Crippen LogP contribution in [0, 0.1) is 0 Å². The number of rotatable bonds is 6. The Labute approximate surface area is 195 Å². The van der Waals surface area contributed by atoms with Crippen LogP contribution in [0.2, 0.25) is 0 Å². The summed E-state index contributed by atoms with van der Waals surface area (Å²) in [6.45, 7) is 10.4. The predicted molar refractivity (Wildman–Crippen MR) is 135 cm³/mol. The molecule has 0 saturated carbocycles. The highest BCUT2D eigenvalue weighted by Gasteiger charge is 2.20. The number of para-hydroxylation sites is 1. The van der Waals surface area contributed by atoms with Crippen LogP contribution < -0.4 is 9.64 Å². The molecule has 0 N–H and O–H groups in total. The van der Waals surface area contributed by atoms with Crippen LogP contribution in [0.4, 0.5) is 5.82 Å². The van der Waals surface area contributed by atoms with E-state index in [0.29, 0.717) is 18.4 Å². The Balaban J connectivity index is 1.72. The largest absolute Gasteiger partial charge is 0.478 e. The summed E-state index contributed by atoms with van der Waals surface area (Å²) < 4.78 is 11.5. The highest BCUT2D eigenvalue weighted by Crippen LogP contribution is 2.37. The van der Waals surface area contributed by atoms with E-state index in [2.05, 4.69) is 68.1 Å². The molecule has 5 nitrogen and oxygen atoms in total. The molecule has 1 fully saturated rings. The molecular weight excluding hydrogens is 410 g/mol. The number of pyridine rings is 2. The second-order valence-corrected chi connectivity index (χ2v) is 8.94. The third-order valence-electron chi connectivity index (χ3n) is 6.21. The van der Waals surface area contributed by atoms with Crippen molar-refractivity contribution in [2.24, 2.45) is 0 Å². The number of hydrogen-bond donors (Lipinski definition) is 0. The second kappa shape index (κ2) is 9.36. The molecule has 170 valence electrons. The molecule has 0 unspecified atom stereocenters. The van der Waals surface area contributed by atoms with Crippen LogP contribution in [-0.4, -0.2) is 42.9 Å². The number of ether oxygens (including phenoxy) is 2. The average molecular weight is 442 g/mol. The van der Waals surface area contributed by atoms with Gasteiger partial charge in [0.15, 0.2) is 0 Å². The zero-order chi connectivity index (χ0) is 22.8. The van der Waals surface area contributed by atoms with Crippen molar-refractivity contribution < 1.29 is 9.47 Å². The normalized spacial score (nSPS) is 14.4. The topological polar surface area (TPSA) is 47.5 Å². The van der Waals surface area contributed by atoms with Crippen molar-refractivity contribution in [1.29, 1.82) is 0 Å². The van der Waals surface area contributed by atoms with E-state index >= 15 is 0 Å². The van der Waals surface area contributed by atoms with Gasteiger partial charge < -0.3 is 14.4 Å². The number of anilines is 1. The van der Waals surface area contributed by atoms with Crippen molar-refractivity contribution in [3.63, 3.8) is 0 Å². The van der Waals surface area contributed by atoms with Gasteiger partial charge in [-0.25, -0.2) is 9.97 Å². The molecular formula is C28H31N3O2. The lowest BCUT2D eigenvalue weighted by molar-refractivity contribution is 0.122. The molecule has 0 amide bonds. The molecule has 1 saturated heterocycles. The molecule has 0 bridgehead atoms. The van der Waals surface area contributed by atoms with Crippen molar-refractivity contribution >= 4 is 27.6 Å². The fourth-order valence-electron chi connectivity index (χ4n) is 4.50. The highest BCUT2D eigenvalue weighted by atomic mass is 16.5. The van der Waals surface area contributed by atoms with Gasteiger partial charge in [0.05, 0.1) is 30.9 Å². The van der Waals surface area contributed by atoms with E-state index in [9.17, 15) is 0 Å². The maximum absolute atomic E-state index is 5.84. The van der Waals surface area contributed by atoms with E-state index < -0.39 is 0 Å². The van der Waals surface area contributed by atoms with Crippen molar-refractivity contribution in [2.75, 3.05) is 37.8 Å². The fraction of sp³-hybridized carbons (Fsp3) is 0.357. The summed E-state index contributed by atoms with van der Waals surface area (Å²) in [7, 11) is 0. The van der Waals surface area contributed by atoms with E-state index in [1.54, 1.807) is 0 Å². The Kier molecular flexibility index (Phi) is 6.14. The monoisotopic (exact) mass is 441 g/mol. The minimum absolute atomic E-state index is 0.372. The zero-order valence-electron chi connectivity index (χ0n) is 19.7. The first-order valence-corrected chi connectivity index (χ1v) is 11.9. The van der Waals surface area contributed by atoms with Crippen LogP contribution in [0.15, 0.2) is 54.6 Å². The molecule has 1 aliphatic rings. The summed E-state index contributed by atoms with van der Waals surface area (Å²) in [5.74, 6) is 2.07. The molecule has 1 aliphatic heterocycles. The third-order valence-corrected chi connectivity index (χ3v) is 6.21. The summed E-state index contributed by atoms with van der Waals surface area (Å²) in [4.78, 5) is 12.3. The van der Waals surface area contributed by atoms with Gasteiger partial charge in [-0.2, -0.15) is 0 Å². The van der Waals surface area contributed by atoms with Gasteiger partial charge >= 0.3 is 0 Å². The minimum atomic E-state index is 0.372. The summed E-state index contributed by atoms with van der Waals surface area (Å²) in [6.07, 6.45) is 0.961. The van der Waals surface area contributed by atoms with Crippen LogP contribution in [0.25, 0.3) is 32.9 Å². The average Bonchev–Trinajstić information content (AvgIpc) is 2.86. The number of fused-ring (bicyclic) bond motifs is 2. The van der Waals surface area contributed by atoms with Crippen molar-refractivity contribution in [1.82, 2.24) is 9.97 Å². The lowest BCUT2D eigenvalue weighted by Crippen LogP contribution is -2.37. The number of benzene rings is 2. The molecule has 4 aromatic rings. The summed E-state index contributed by atoms with van der Waals surface area (Å²) in [6, 6.07) is 19.3. The molecule has 5 rings (SSSR count). The van der Waals surface area contributed by atoms with Gasteiger partial charge in [0, 0.05) is 35.5 Å². The SMILES string of the molecule is CCCOc1ccc2c(C(C)C)cc(-c3cc4ccccc4nc3N3CCOCC3)cc2n1. The van der Waals surface area contributed by atoms with Crippen LogP contribution >= 0.6 is 0 Å². The Morgan fingerprint density at radius 2 is 1.79 bits per heavy atom. The maximum Gasteiger partial charge on any atom is 0.213 e. The van der Waals surface area contributed by atoms with E-state index in [1.807, 2.05) is 12.1 Å². The Hall–Kier alpha value is -3.18. The first kappa shape index (κ1) is 21.7. The summed E-state index contributed by atoms with van der Waals surface area (Å²) in [5, 5.41) is 2.32. The Morgan fingerprint density at radius 3 is 2.58 bits per heavy atom. The van der Waals surface area contributed by atoms with Gasteiger partial charge in [-0.1, -0.05) is 45.0 Å². The Morgan fingerprint density at radius 1 is 0.970 bits per heavy atom. The highest BCUT2D eigenvalue weighted by molar-refractivity contribution is 5.94. The van der Waals surface area contributed by atoms with E-state index in [0.717, 1.165) is 66.1 Å². The van der Waals surface area contributed by atoms with Crippen LogP contribution in [-0.2, 0) is 4.74 Å². The quantitative estimate of drug-likeness (QED) is 0.357. The van der Waals surface area contributed by atoms with Gasteiger partial charge in [-0.05, 0) is 47.7 Å². The molecule has 2 aromatic carbocycles. The summed E-state index contributed by atoms with van der Waals surface area (Å²) >= 11 is 0. The number of morpholine rings is 1. The van der Waals surface area contributed by atoms with Gasteiger partial charge in [0.25, 0.3) is 0 Å². The van der Waals surface area contributed by atoms with E-state index in [1.165, 1.54) is 10.9 Å². The second-order valence-electron chi connectivity index (χ2n) is 8.94. The number of aromatic nitrogens is 2. The maximum atomic E-state index is 5.84. The molecule has 0 atom stereocenters. The standard InChI is InChI=1S/C28H31N3O2/c1-4-13-33-27-10-9-22-23(19(2)3)17-21(18-26(22)29-27)24-16-20-7-5-6-8-25(20)30-28(24)31-11-14-32-15-12-31/h5-10,16-19H,4,11-15H2,1-3H3.